The Morgan fingerprint density at radius 2 is 2.00 bits per heavy atom. The highest BCUT2D eigenvalue weighted by Crippen LogP contribution is 2.36. The first-order valence-electron chi connectivity index (χ1n) is 11.4. The molecule has 4 heterocycles. The molecule has 1 atom stereocenters. The van der Waals surface area contributed by atoms with E-state index >= 15 is 0 Å². The van der Waals surface area contributed by atoms with E-state index in [4.69, 9.17) is 9.26 Å². The number of hydrogen-bond donors (Lipinski definition) is 0. The summed E-state index contributed by atoms with van der Waals surface area (Å²) < 4.78 is 11.2. The first kappa shape index (κ1) is 21.8. The zero-order valence-corrected chi connectivity index (χ0v) is 19.1. The van der Waals surface area contributed by atoms with Crippen molar-refractivity contribution in [3.8, 4) is 28.5 Å². The van der Waals surface area contributed by atoms with Gasteiger partial charge in [0.1, 0.15) is 6.04 Å². The highest BCUT2D eigenvalue weighted by Gasteiger charge is 2.35. The van der Waals surface area contributed by atoms with Gasteiger partial charge in [-0.05, 0) is 57.0 Å². The Kier molecular flexibility index (Phi) is 6.03. The first-order valence-corrected chi connectivity index (χ1v) is 11.4. The molecule has 0 radical (unpaired) electrons. The Morgan fingerprint density at radius 3 is 2.82 bits per heavy atom. The van der Waals surface area contributed by atoms with E-state index in [0.29, 0.717) is 41.9 Å². The lowest BCUT2D eigenvalue weighted by Gasteiger charge is -2.23. The van der Waals surface area contributed by atoms with Crippen LogP contribution in [0.3, 0.4) is 0 Å². The fourth-order valence-corrected chi connectivity index (χ4v) is 4.29. The zero-order valence-electron chi connectivity index (χ0n) is 19.1. The number of carbonyl (C=O) groups excluding carboxylic acids is 1. The van der Waals surface area contributed by atoms with Gasteiger partial charge in [0.25, 0.3) is 5.91 Å². The van der Waals surface area contributed by atoms with Gasteiger partial charge in [0.2, 0.25) is 17.6 Å². The maximum Gasteiger partial charge on any atom is 0.255 e. The third-order valence-electron chi connectivity index (χ3n) is 5.88. The summed E-state index contributed by atoms with van der Waals surface area (Å²) in [6, 6.07) is 14.9. The van der Waals surface area contributed by atoms with Crippen LogP contribution >= 0.6 is 0 Å². The van der Waals surface area contributed by atoms with E-state index in [2.05, 4.69) is 20.1 Å². The summed E-state index contributed by atoms with van der Waals surface area (Å²) in [5, 5.41) is 4.17. The van der Waals surface area contributed by atoms with E-state index in [9.17, 15) is 4.79 Å². The number of pyridine rings is 2. The largest absolute Gasteiger partial charge is 0.477 e. The predicted octanol–water partition coefficient (Wildman–Crippen LogP) is 4.88. The minimum Gasteiger partial charge on any atom is -0.477 e. The number of aryl methyl sites for hydroxylation is 1. The van der Waals surface area contributed by atoms with Gasteiger partial charge in [-0.25, -0.2) is 4.98 Å². The molecule has 1 unspecified atom stereocenters. The van der Waals surface area contributed by atoms with Gasteiger partial charge >= 0.3 is 0 Å². The molecule has 0 spiro atoms. The topological polar surface area (TPSA) is 94.2 Å². The Hall–Kier alpha value is -4.07. The summed E-state index contributed by atoms with van der Waals surface area (Å²) in [6.45, 7) is 4.98. The summed E-state index contributed by atoms with van der Waals surface area (Å²) in [5.41, 5.74) is 3.87. The van der Waals surface area contributed by atoms with Crippen molar-refractivity contribution in [2.45, 2.75) is 32.7 Å². The van der Waals surface area contributed by atoms with Crippen LogP contribution in [-0.4, -0.2) is 44.1 Å². The molecule has 1 fully saturated rings. The summed E-state index contributed by atoms with van der Waals surface area (Å²) in [7, 11) is 0. The molecular formula is C26H25N5O3. The molecule has 1 saturated heterocycles. The van der Waals surface area contributed by atoms with Crippen LogP contribution in [-0.2, 0) is 0 Å². The molecule has 1 aliphatic rings. The van der Waals surface area contributed by atoms with Crippen LogP contribution in [0.1, 0.15) is 47.6 Å². The van der Waals surface area contributed by atoms with Crippen molar-refractivity contribution in [2.24, 2.45) is 0 Å². The second-order valence-electron chi connectivity index (χ2n) is 8.17. The van der Waals surface area contributed by atoms with Gasteiger partial charge in [0.15, 0.2) is 0 Å². The van der Waals surface area contributed by atoms with Gasteiger partial charge in [-0.2, -0.15) is 4.98 Å². The van der Waals surface area contributed by atoms with Gasteiger partial charge in [-0.15, -0.1) is 0 Å². The average molecular weight is 456 g/mol. The van der Waals surface area contributed by atoms with Gasteiger partial charge in [0.05, 0.1) is 17.9 Å². The van der Waals surface area contributed by atoms with Gasteiger partial charge in [-0.1, -0.05) is 28.9 Å². The van der Waals surface area contributed by atoms with Crippen LogP contribution in [0.25, 0.3) is 22.6 Å². The molecule has 0 aliphatic carbocycles. The molecular weight excluding hydrogens is 430 g/mol. The monoisotopic (exact) mass is 455 g/mol. The summed E-state index contributed by atoms with van der Waals surface area (Å²) in [6.07, 6.45) is 5.00. The van der Waals surface area contributed by atoms with Crippen LogP contribution < -0.4 is 4.74 Å². The molecule has 1 aliphatic heterocycles. The Balaban J connectivity index is 1.47. The summed E-state index contributed by atoms with van der Waals surface area (Å²) >= 11 is 0. The zero-order chi connectivity index (χ0) is 23.5. The smallest absolute Gasteiger partial charge is 0.255 e. The van der Waals surface area contributed by atoms with E-state index in [1.54, 1.807) is 18.5 Å². The van der Waals surface area contributed by atoms with Crippen molar-refractivity contribution in [2.75, 3.05) is 13.2 Å². The second-order valence-corrected chi connectivity index (χ2v) is 8.17. The van der Waals surface area contributed by atoms with Crippen LogP contribution in [0.15, 0.2) is 65.4 Å². The maximum atomic E-state index is 13.8. The molecule has 0 N–H and O–H groups in total. The minimum atomic E-state index is -0.293. The molecule has 0 saturated carbocycles. The van der Waals surface area contributed by atoms with Crippen molar-refractivity contribution in [3.05, 3.63) is 77.9 Å². The molecule has 8 nitrogen and oxygen atoms in total. The lowest BCUT2D eigenvalue weighted by atomic mass is 10.00. The van der Waals surface area contributed by atoms with Crippen molar-refractivity contribution in [3.63, 3.8) is 0 Å². The molecule has 8 heteroatoms. The number of nitrogens with zero attached hydrogens (tertiary/aromatic N) is 5. The highest BCUT2D eigenvalue weighted by molar-refractivity contribution is 6.01. The van der Waals surface area contributed by atoms with Crippen LogP contribution in [0.4, 0.5) is 0 Å². The standard InChI is InChI=1S/C26H25N5O3/c1-3-33-24-19(8-6-14-28-24)23-29-25(34-30-23)22-10-7-15-31(22)26(32)20-16-17(2)11-12-18(20)21-9-4-5-13-27-21/h4-6,8-9,11-14,16,22H,3,7,10,15H2,1-2H3. The van der Waals surface area contributed by atoms with Crippen LogP contribution in [0, 0.1) is 6.92 Å². The molecule has 1 aromatic carbocycles. The summed E-state index contributed by atoms with van der Waals surface area (Å²) in [4.78, 5) is 28.9. The number of benzene rings is 1. The Bertz CT molecular complexity index is 1300. The quantitative estimate of drug-likeness (QED) is 0.409. The molecule has 0 bridgehead atoms. The van der Waals surface area contributed by atoms with Gasteiger partial charge < -0.3 is 14.2 Å². The molecule has 34 heavy (non-hydrogen) atoms. The van der Waals surface area contributed by atoms with Crippen molar-refractivity contribution < 1.29 is 14.1 Å². The number of aromatic nitrogens is 4. The minimum absolute atomic E-state index is 0.0667. The lowest BCUT2D eigenvalue weighted by molar-refractivity contribution is 0.0710. The number of carbonyl (C=O) groups is 1. The number of amides is 1. The maximum absolute atomic E-state index is 13.8. The molecule has 5 rings (SSSR count). The van der Waals surface area contributed by atoms with E-state index in [1.165, 1.54) is 0 Å². The molecule has 3 aromatic heterocycles. The SMILES string of the molecule is CCOc1ncccc1-c1noc(C2CCCN2C(=O)c2cc(C)ccc2-c2ccccn2)n1. The number of rotatable bonds is 6. The van der Waals surface area contributed by atoms with Crippen LogP contribution in [0.5, 0.6) is 5.88 Å². The Labute approximate surface area is 197 Å². The highest BCUT2D eigenvalue weighted by atomic mass is 16.5. The number of likely N-dealkylation sites (tertiary alicyclic amines) is 1. The predicted molar refractivity (Wildman–Crippen MR) is 126 cm³/mol. The van der Waals surface area contributed by atoms with Crippen molar-refractivity contribution >= 4 is 5.91 Å². The van der Waals surface area contributed by atoms with Crippen molar-refractivity contribution in [1.29, 1.82) is 0 Å². The second kappa shape index (κ2) is 9.43. The average Bonchev–Trinajstić information content (AvgIpc) is 3.54. The number of ether oxygens (including phenoxy) is 1. The third-order valence-corrected chi connectivity index (χ3v) is 5.88. The molecule has 4 aromatic rings. The normalized spacial score (nSPS) is 15.5. The molecule has 172 valence electrons. The fraction of sp³-hybridized carbons (Fsp3) is 0.269. The Morgan fingerprint density at radius 1 is 1.12 bits per heavy atom. The third kappa shape index (κ3) is 4.14. The van der Waals surface area contributed by atoms with E-state index in [0.717, 1.165) is 29.7 Å². The van der Waals surface area contributed by atoms with E-state index < -0.39 is 0 Å². The fourth-order valence-electron chi connectivity index (χ4n) is 4.29. The van der Waals surface area contributed by atoms with Gasteiger partial charge in [0, 0.05) is 30.1 Å². The van der Waals surface area contributed by atoms with E-state index in [1.807, 2.05) is 61.2 Å². The van der Waals surface area contributed by atoms with Crippen LogP contribution in [0.2, 0.25) is 0 Å². The van der Waals surface area contributed by atoms with E-state index in [-0.39, 0.29) is 11.9 Å². The summed E-state index contributed by atoms with van der Waals surface area (Å²) in [5.74, 6) is 1.20. The lowest BCUT2D eigenvalue weighted by Crippen LogP contribution is -2.31. The first-order chi connectivity index (χ1) is 16.7. The van der Waals surface area contributed by atoms with Gasteiger partial charge in [-0.3, -0.25) is 9.78 Å². The molecule has 1 amide bonds. The van der Waals surface area contributed by atoms with Crippen molar-refractivity contribution in [1.82, 2.24) is 25.0 Å². The number of hydrogen-bond acceptors (Lipinski definition) is 7.